The fourth-order valence-electron chi connectivity index (χ4n) is 4.03. The Bertz CT molecular complexity index is 989. The normalized spacial score (nSPS) is 22.6. The lowest BCUT2D eigenvalue weighted by molar-refractivity contribution is -0.385. The number of benzene rings is 2. The Morgan fingerprint density at radius 2 is 1.85 bits per heavy atom. The monoisotopic (exact) mass is 387 g/mol. The van der Waals surface area contributed by atoms with Crippen LogP contribution in [0.1, 0.15) is 29.5 Å². The van der Waals surface area contributed by atoms with Crippen LogP contribution in [0.25, 0.3) is 0 Å². The van der Waals surface area contributed by atoms with Crippen LogP contribution >= 0.6 is 11.6 Å². The molecule has 0 aromatic heterocycles. The number of fused-ring (bicyclic) bond motifs is 3. The zero-order valence-corrected chi connectivity index (χ0v) is 14.6. The Hall–Kier alpha value is -3.13. The van der Waals surface area contributed by atoms with E-state index in [0.717, 1.165) is 11.6 Å². The van der Waals surface area contributed by atoms with Crippen molar-refractivity contribution < 1.29 is 15.0 Å². The Morgan fingerprint density at radius 1 is 1.15 bits per heavy atom. The largest absolute Gasteiger partial charge is 0.506 e. The van der Waals surface area contributed by atoms with Crippen molar-refractivity contribution in [2.45, 2.75) is 18.4 Å². The van der Waals surface area contributed by atoms with Gasteiger partial charge in [-0.25, -0.2) is 0 Å². The van der Waals surface area contributed by atoms with E-state index in [2.05, 4.69) is 5.32 Å². The first-order valence-corrected chi connectivity index (χ1v) is 8.63. The van der Waals surface area contributed by atoms with Crippen LogP contribution in [0.15, 0.2) is 42.5 Å². The number of aromatic hydroxyl groups is 1. The molecule has 0 fully saturated rings. The molecule has 1 heterocycles. The summed E-state index contributed by atoms with van der Waals surface area (Å²) in [5.74, 6) is -0.478. The van der Waals surface area contributed by atoms with Crippen molar-refractivity contribution in [1.29, 1.82) is 0 Å². The SMILES string of the molecule is O=[N+]([O-])c1ccc([C@@H]2Nc3c(O)cc(Cl)c([N+](=O)[O-])c3[C@@H]3C=CC[C@H]32)cc1. The third-order valence-corrected chi connectivity index (χ3v) is 5.48. The zero-order valence-electron chi connectivity index (χ0n) is 13.8. The fraction of sp³-hybridized carbons (Fsp3) is 0.222. The van der Waals surface area contributed by atoms with Crippen LogP contribution in [0.4, 0.5) is 17.1 Å². The van der Waals surface area contributed by atoms with E-state index in [4.69, 9.17) is 11.6 Å². The van der Waals surface area contributed by atoms with Crippen molar-refractivity contribution >= 4 is 28.7 Å². The number of nitro groups is 2. The van der Waals surface area contributed by atoms with Crippen LogP contribution < -0.4 is 5.32 Å². The summed E-state index contributed by atoms with van der Waals surface area (Å²) in [5, 5.41) is 35.9. The average molecular weight is 388 g/mol. The number of halogens is 1. The van der Waals surface area contributed by atoms with Gasteiger partial charge in [0.15, 0.2) is 0 Å². The molecule has 1 aliphatic heterocycles. The molecule has 0 spiro atoms. The maximum atomic E-state index is 11.6. The second kappa shape index (κ2) is 6.24. The molecule has 3 atom stereocenters. The number of rotatable bonds is 3. The standard InChI is InChI=1S/C18H14ClN3O5/c19-13-8-14(23)17-15(18(13)22(26)27)11-2-1-3-12(11)16(20-17)9-4-6-10(7-5-9)21(24)25/h1-2,4-8,11-12,16,20,23H,3H2/t11-,12-,16+/m1/s1. The fourth-order valence-corrected chi connectivity index (χ4v) is 4.30. The number of phenolic OH excluding ortho intramolecular Hbond substituents is 1. The maximum absolute atomic E-state index is 11.6. The van der Waals surface area contributed by atoms with Crippen molar-refractivity contribution in [3.8, 4) is 5.75 Å². The molecule has 2 aromatic carbocycles. The number of nitrogens with zero attached hydrogens (tertiary/aromatic N) is 2. The summed E-state index contributed by atoms with van der Waals surface area (Å²) in [6.45, 7) is 0. The summed E-state index contributed by atoms with van der Waals surface area (Å²) in [5.41, 5.74) is 1.24. The topological polar surface area (TPSA) is 119 Å². The predicted molar refractivity (Wildman–Crippen MR) is 99.2 cm³/mol. The van der Waals surface area contributed by atoms with Gasteiger partial charge in [0.1, 0.15) is 10.8 Å². The molecule has 0 saturated heterocycles. The number of anilines is 1. The molecular formula is C18H14ClN3O5. The van der Waals surface area contributed by atoms with Crippen molar-refractivity contribution in [1.82, 2.24) is 0 Å². The number of hydrogen-bond donors (Lipinski definition) is 2. The lowest BCUT2D eigenvalue weighted by atomic mass is 9.76. The molecule has 4 rings (SSSR count). The van der Waals surface area contributed by atoms with E-state index in [1.807, 2.05) is 12.2 Å². The number of allylic oxidation sites excluding steroid dienone is 2. The molecule has 2 aliphatic rings. The van der Waals surface area contributed by atoms with Crippen LogP contribution in [0, 0.1) is 26.1 Å². The van der Waals surface area contributed by atoms with E-state index in [-0.39, 0.29) is 45.7 Å². The van der Waals surface area contributed by atoms with Crippen LogP contribution in [-0.2, 0) is 0 Å². The third kappa shape index (κ3) is 2.69. The lowest BCUT2D eigenvalue weighted by Gasteiger charge is -2.37. The summed E-state index contributed by atoms with van der Waals surface area (Å²) in [4.78, 5) is 21.5. The molecule has 138 valence electrons. The Morgan fingerprint density at radius 3 is 2.48 bits per heavy atom. The molecule has 0 saturated carbocycles. The number of nitrogens with one attached hydrogen (secondary N) is 1. The van der Waals surface area contributed by atoms with Crippen LogP contribution in [0.3, 0.4) is 0 Å². The molecule has 8 nitrogen and oxygen atoms in total. The van der Waals surface area contributed by atoms with E-state index >= 15 is 0 Å². The first kappa shape index (κ1) is 17.3. The van der Waals surface area contributed by atoms with E-state index in [9.17, 15) is 25.3 Å². The van der Waals surface area contributed by atoms with Gasteiger partial charge in [-0.3, -0.25) is 20.2 Å². The van der Waals surface area contributed by atoms with Gasteiger partial charge in [0.25, 0.3) is 11.4 Å². The third-order valence-electron chi connectivity index (χ3n) is 5.19. The molecule has 27 heavy (non-hydrogen) atoms. The van der Waals surface area contributed by atoms with Gasteiger partial charge in [-0.05, 0) is 17.9 Å². The minimum atomic E-state index is -0.530. The van der Waals surface area contributed by atoms with Gasteiger partial charge in [-0.1, -0.05) is 35.9 Å². The first-order valence-electron chi connectivity index (χ1n) is 8.25. The molecule has 1 aliphatic carbocycles. The molecule has 9 heteroatoms. The molecular weight excluding hydrogens is 374 g/mol. The van der Waals surface area contributed by atoms with Crippen molar-refractivity contribution in [3.63, 3.8) is 0 Å². The van der Waals surface area contributed by atoms with Gasteiger partial charge in [0, 0.05) is 24.1 Å². The molecule has 2 N–H and O–H groups in total. The number of phenols is 1. The van der Waals surface area contributed by atoms with E-state index in [1.165, 1.54) is 12.1 Å². The Labute approximate surface area is 158 Å². The highest BCUT2D eigenvalue weighted by Gasteiger charge is 2.43. The highest BCUT2D eigenvalue weighted by atomic mass is 35.5. The molecule has 2 aromatic rings. The van der Waals surface area contributed by atoms with Gasteiger partial charge in [0.2, 0.25) is 0 Å². The molecule has 0 unspecified atom stereocenters. The van der Waals surface area contributed by atoms with Crippen molar-refractivity contribution in [2.75, 3.05) is 5.32 Å². The number of hydrogen-bond acceptors (Lipinski definition) is 6. The van der Waals surface area contributed by atoms with Gasteiger partial charge in [0.05, 0.1) is 27.1 Å². The number of nitro benzene ring substituents is 2. The highest BCUT2D eigenvalue weighted by Crippen LogP contribution is 2.56. The molecule has 0 amide bonds. The Balaban J connectivity index is 1.84. The summed E-state index contributed by atoms with van der Waals surface area (Å²) in [6.07, 6.45) is 4.53. The van der Waals surface area contributed by atoms with Crippen LogP contribution in [0.2, 0.25) is 5.02 Å². The quantitative estimate of drug-likeness (QED) is 0.341. The number of non-ortho nitro benzene ring substituents is 1. The summed E-state index contributed by atoms with van der Waals surface area (Å²) >= 11 is 6.03. The predicted octanol–water partition coefficient (Wildman–Crippen LogP) is 4.69. The van der Waals surface area contributed by atoms with Crippen LogP contribution in [-0.4, -0.2) is 15.0 Å². The van der Waals surface area contributed by atoms with E-state index < -0.39 is 9.85 Å². The smallest absolute Gasteiger partial charge is 0.293 e. The van der Waals surface area contributed by atoms with Crippen molar-refractivity contribution in [2.24, 2.45) is 5.92 Å². The van der Waals surface area contributed by atoms with Gasteiger partial charge in [-0.15, -0.1) is 0 Å². The van der Waals surface area contributed by atoms with Crippen molar-refractivity contribution in [3.05, 3.63) is 78.9 Å². The summed E-state index contributed by atoms with van der Waals surface area (Å²) in [7, 11) is 0. The molecule has 0 radical (unpaired) electrons. The van der Waals surface area contributed by atoms with Gasteiger partial charge >= 0.3 is 0 Å². The highest BCUT2D eigenvalue weighted by molar-refractivity contribution is 6.33. The maximum Gasteiger partial charge on any atom is 0.293 e. The second-order valence-corrected chi connectivity index (χ2v) is 7.00. The summed E-state index contributed by atoms with van der Waals surface area (Å²) in [6, 6.07) is 7.08. The summed E-state index contributed by atoms with van der Waals surface area (Å²) < 4.78 is 0. The van der Waals surface area contributed by atoms with Gasteiger partial charge in [-0.2, -0.15) is 0 Å². The van der Waals surface area contributed by atoms with Gasteiger partial charge < -0.3 is 10.4 Å². The lowest BCUT2D eigenvalue weighted by Crippen LogP contribution is -2.29. The first-order chi connectivity index (χ1) is 12.9. The average Bonchev–Trinajstić information content (AvgIpc) is 3.11. The second-order valence-electron chi connectivity index (χ2n) is 6.60. The minimum absolute atomic E-state index is 0.0127. The zero-order chi connectivity index (χ0) is 19.3. The van der Waals surface area contributed by atoms with Crippen LogP contribution in [0.5, 0.6) is 5.75 Å². The Kier molecular flexibility index (Phi) is 4.00. The minimum Gasteiger partial charge on any atom is -0.506 e. The molecule has 0 bridgehead atoms. The van der Waals surface area contributed by atoms with E-state index in [0.29, 0.717) is 12.0 Å². The van der Waals surface area contributed by atoms with E-state index in [1.54, 1.807) is 12.1 Å².